The third-order valence-electron chi connectivity index (χ3n) is 2.61. The van der Waals surface area contributed by atoms with Gasteiger partial charge in [0.05, 0.1) is 13.0 Å². The quantitative estimate of drug-likeness (QED) is 0.795. The highest BCUT2D eigenvalue weighted by atomic mass is 79.9. The van der Waals surface area contributed by atoms with Crippen LogP contribution in [0.3, 0.4) is 0 Å². The molecule has 1 N–H and O–H groups in total. The minimum atomic E-state index is -0.143. The average Bonchev–Trinajstić information content (AvgIpc) is 2.27. The molecular formula is C11H12BrNO2. The van der Waals surface area contributed by atoms with Crippen molar-refractivity contribution in [3.05, 3.63) is 28.2 Å². The maximum absolute atomic E-state index is 11.4. The van der Waals surface area contributed by atoms with Crippen molar-refractivity contribution in [3.63, 3.8) is 0 Å². The van der Waals surface area contributed by atoms with Crippen LogP contribution in [0.1, 0.15) is 5.56 Å². The van der Waals surface area contributed by atoms with Gasteiger partial charge in [0.1, 0.15) is 0 Å². The van der Waals surface area contributed by atoms with Crippen LogP contribution in [-0.2, 0) is 16.0 Å². The Morgan fingerprint density at radius 1 is 1.60 bits per heavy atom. The molecule has 15 heavy (non-hydrogen) atoms. The fraction of sp³-hybridized carbons (Fsp3) is 0.364. The van der Waals surface area contributed by atoms with Gasteiger partial charge in [-0.1, -0.05) is 22.0 Å². The van der Waals surface area contributed by atoms with Crippen LogP contribution in [0.2, 0.25) is 0 Å². The Labute approximate surface area is 96.9 Å². The van der Waals surface area contributed by atoms with Gasteiger partial charge < -0.3 is 10.1 Å². The van der Waals surface area contributed by atoms with E-state index in [4.69, 9.17) is 4.74 Å². The number of carbonyl (C=O) groups excluding carboxylic acids is 1. The van der Waals surface area contributed by atoms with Gasteiger partial charge in [-0.05, 0) is 24.1 Å². The van der Waals surface area contributed by atoms with Crippen LogP contribution in [0.25, 0.3) is 0 Å². The number of nitrogens with one attached hydrogen (secondary N) is 1. The van der Waals surface area contributed by atoms with Crippen LogP contribution in [0, 0.1) is 5.92 Å². The Bertz CT molecular complexity index is 392. The number of hydrogen-bond acceptors (Lipinski definition) is 3. The van der Waals surface area contributed by atoms with E-state index in [1.165, 1.54) is 12.7 Å². The number of carbonyl (C=O) groups is 1. The lowest BCUT2D eigenvalue weighted by Gasteiger charge is -2.24. The van der Waals surface area contributed by atoms with E-state index >= 15 is 0 Å². The topological polar surface area (TPSA) is 38.3 Å². The Kier molecular flexibility index (Phi) is 2.95. The minimum absolute atomic E-state index is 0.0660. The zero-order valence-corrected chi connectivity index (χ0v) is 10.0. The molecule has 1 heterocycles. The predicted molar refractivity (Wildman–Crippen MR) is 61.8 cm³/mol. The average molecular weight is 270 g/mol. The highest BCUT2D eigenvalue weighted by molar-refractivity contribution is 9.10. The van der Waals surface area contributed by atoms with Crippen molar-refractivity contribution in [3.8, 4) is 0 Å². The zero-order valence-electron chi connectivity index (χ0n) is 8.42. The molecule has 0 saturated carbocycles. The van der Waals surface area contributed by atoms with Crippen LogP contribution in [0.4, 0.5) is 5.69 Å². The van der Waals surface area contributed by atoms with Crippen LogP contribution in [0.5, 0.6) is 0 Å². The lowest BCUT2D eigenvalue weighted by Crippen LogP contribution is -2.30. The molecule has 3 nitrogen and oxygen atoms in total. The summed E-state index contributed by atoms with van der Waals surface area (Å²) in [6.45, 7) is 0.649. The normalized spacial score (nSPS) is 18.9. The number of rotatable bonds is 1. The predicted octanol–water partition coefficient (Wildman–Crippen LogP) is 2.21. The van der Waals surface area contributed by atoms with Crippen LogP contribution in [-0.4, -0.2) is 19.6 Å². The maximum atomic E-state index is 11.4. The molecule has 0 bridgehead atoms. The third kappa shape index (κ3) is 2.15. The molecule has 80 valence electrons. The monoisotopic (exact) mass is 269 g/mol. The Morgan fingerprint density at radius 3 is 3.13 bits per heavy atom. The van der Waals surface area contributed by atoms with Crippen molar-refractivity contribution in [2.75, 3.05) is 19.0 Å². The third-order valence-corrected chi connectivity index (χ3v) is 3.10. The molecular weight excluding hydrogens is 258 g/mol. The molecule has 0 aliphatic carbocycles. The van der Waals surface area contributed by atoms with Gasteiger partial charge in [0.2, 0.25) is 0 Å². The Morgan fingerprint density at radius 2 is 2.40 bits per heavy atom. The summed E-state index contributed by atoms with van der Waals surface area (Å²) in [5.41, 5.74) is 2.27. The van der Waals surface area contributed by atoms with Crippen molar-refractivity contribution in [1.82, 2.24) is 0 Å². The fourth-order valence-electron chi connectivity index (χ4n) is 1.80. The number of fused-ring (bicyclic) bond motifs is 1. The largest absolute Gasteiger partial charge is 0.469 e. The second-order valence-corrected chi connectivity index (χ2v) is 4.52. The van der Waals surface area contributed by atoms with E-state index < -0.39 is 0 Å². The van der Waals surface area contributed by atoms with Crippen LogP contribution < -0.4 is 5.32 Å². The van der Waals surface area contributed by atoms with Gasteiger partial charge in [-0.2, -0.15) is 0 Å². The molecule has 1 aliphatic rings. The Balaban J connectivity index is 2.20. The first-order valence-electron chi connectivity index (χ1n) is 4.81. The SMILES string of the molecule is COC(=O)C1CNc2cc(Br)ccc2C1. The van der Waals surface area contributed by atoms with Gasteiger partial charge in [-0.3, -0.25) is 4.79 Å². The van der Waals surface area contributed by atoms with Gasteiger partial charge in [-0.25, -0.2) is 0 Å². The smallest absolute Gasteiger partial charge is 0.310 e. The van der Waals surface area contributed by atoms with E-state index in [0.29, 0.717) is 6.54 Å². The van der Waals surface area contributed by atoms with Gasteiger partial charge >= 0.3 is 5.97 Å². The van der Waals surface area contributed by atoms with Gasteiger partial charge in [0.25, 0.3) is 0 Å². The van der Waals surface area contributed by atoms with Crippen molar-refractivity contribution in [2.24, 2.45) is 5.92 Å². The molecule has 0 spiro atoms. The molecule has 1 aromatic carbocycles. The fourth-order valence-corrected chi connectivity index (χ4v) is 2.16. The summed E-state index contributed by atoms with van der Waals surface area (Å²) in [4.78, 5) is 11.4. The summed E-state index contributed by atoms with van der Waals surface area (Å²) in [5.74, 6) is -0.209. The van der Waals surface area contributed by atoms with Crippen LogP contribution >= 0.6 is 15.9 Å². The van der Waals surface area contributed by atoms with Crippen molar-refractivity contribution in [2.45, 2.75) is 6.42 Å². The summed E-state index contributed by atoms with van der Waals surface area (Å²) in [5, 5.41) is 3.24. The number of methoxy groups -OCH3 is 1. The molecule has 1 unspecified atom stereocenters. The van der Waals surface area contributed by atoms with E-state index in [9.17, 15) is 4.79 Å². The van der Waals surface area contributed by atoms with Crippen molar-refractivity contribution >= 4 is 27.6 Å². The van der Waals surface area contributed by atoms with Gasteiger partial charge in [0.15, 0.2) is 0 Å². The van der Waals surface area contributed by atoms with Crippen molar-refractivity contribution < 1.29 is 9.53 Å². The van der Waals surface area contributed by atoms with Crippen LogP contribution in [0.15, 0.2) is 22.7 Å². The van der Waals surface area contributed by atoms with Gasteiger partial charge in [-0.15, -0.1) is 0 Å². The lowest BCUT2D eigenvalue weighted by atomic mass is 9.94. The molecule has 0 radical (unpaired) electrons. The first-order valence-corrected chi connectivity index (χ1v) is 5.60. The van der Waals surface area contributed by atoms with E-state index in [1.54, 1.807) is 0 Å². The molecule has 0 aromatic heterocycles. The second kappa shape index (κ2) is 4.23. The Hall–Kier alpha value is -1.03. The molecule has 1 aromatic rings. The highest BCUT2D eigenvalue weighted by Crippen LogP contribution is 2.28. The van der Waals surface area contributed by atoms with E-state index in [-0.39, 0.29) is 11.9 Å². The number of hydrogen-bond donors (Lipinski definition) is 1. The summed E-state index contributed by atoms with van der Waals surface area (Å²) in [6, 6.07) is 6.05. The zero-order chi connectivity index (χ0) is 10.8. The molecule has 0 saturated heterocycles. The first-order chi connectivity index (χ1) is 7.20. The minimum Gasteiger partial charge on any atom is -0.469 e. The van der Waals surface area contributed by atoms with Crippen molar-refractivity contribution in [1.29, 1.82) is 0 Å². The first kappa shape index (κ1) is 10.5. The summed E-state index contributed by atoms with van der Waals surface area (Å²) >= 11 is 3.42. The molecule has 1 atom stereocenters. The number of esters is 1. The number of benzene rings is 1. The van der Waals surface area contributed by atoms with E-state index in [2.05, 4.69) is 21.2 Å². The molecule has 0 fully saturated rings. The molecule has 0 amide bonds. The summed E-state index contributed by atoms with van der Waals surface area (Å²) < 4.78 is 5.79. The number of halogens is 1. The summed E-state index contributed by atoms with van der Waals surface area (Å²) in [6.07, 6.45) is 0.752. The maximum Gasteiger partial charge on any atom is 0.310 e. The lowest BCUT2D eigenvalue weighted by molar-refractivity contribution is -0.145. The molecule has 2 rings (SSSR count). The molecule has 1 aliphatic heterocycles. The summed E-state index contributed by atoms with van der Waals surface area (Å²) in [7, 11) is 1.43. The molecule has 4 heteroatoms. The van der Waals surface area contributed by atoms with E-state index in [1.807, 2.05) is 18.2 Å². The van der Waals surface area contributed by atoms with E-state index in [0.717, 1.165) is 16.6 Å². The van der Waals surface area contributed by atoms with Gasteiger partial charge in [0, 0.05) is 16.7 Å². The second-order valence-electron chi connectivity index (χ2n) is 3.61. The number of ether oxygens (including phenoxy) is 1. The highest BCUT2D eigenvalue weighted by Gasteiger charge is 2.24. The standard InChI is InChI=1S/C11H12BrNO2/c1-15-11(14)8-4-7-2-3-9(12)5-10(7)13-6-8/h2-3,5,8,13H,4,6H2,1H3. The number of anilines is 1.